The van der Waals surface area contributed by atoms with Gasteiger partial charge in [-0.05, 0) is 13.0 Å². The normalized spacial score (nSPS) is 11.3. The highest BCUT2D eigenvalue weighted by Gasteiger charge is 2.14. The molecule has 2 rings (SSSR count). The van der Waals surface area contributed by atoms with Gasteiger partial charge in [0.05, 0.1) is 32.7 Å². The second kappa shape index (κ2) is 10.00. The van der Waals surface area contributed by atoms with Crippen LogP contribution in [0.25, 0.3) is 11.5 Å². The first kappa shape index (κ1) is 20.8. The number of oxazole rings is 1. The maximum absolute atomic E-state index is 11.6. The Bertz CT molecular complexity index is 850. The average Bonchev–Trinajstić information content (AvgIpc) is 3.11. The van der Waals surface area contributed by atoms with Crippen LogP contribution in [0.1, 0.15) is 17.4 Å². The van der Waals surface area contributed by atoms with Gasteiger partial charge in [-0.3, -0.25) is 4.18 Å². The van der Waals surface area contributed by atoms with Crippen molar-refractivity contribution in [3.63, 3.8) is 0 Å². The second-order valence-electron chi connectivity index (χ2n) is 5.13. The highest BCUT2D eigenvalue weighted by atomic mass is 32.2. The van der Waals surface area contributed by atoms with Gasteiger partial charge in [0.25, 0.3) is 10.1 Å². The smallest absolute Gasteiger partial charge is 0.360 e. The van der Waals surface area contributed by atoms with E-state index in [2.05, 4.69) is 14.2 Å². The number of carbonyl (C=O) groups excluding carboxylic acids is 1. The van der Waals surface area contributed by atoms with Crippen LogP contribution in [0.5, 0.6) is 5.88 Å². The number of ether oxygens (including phenoxy) is 3. The van der Waals surface area contributed by atoms with E-state index in [4.69, 9.17) is 18.6 Å². The lowest BCUT2D eigenvalue weighted by molar-refractivity contribution is 0.0519. The molecular formula is C16H20N2O8S. The summed E-state index contributed by atoms with van der Waals surface area (Å²) in [6.45, 7) is 2.45. The van der Waals surface area contributed by atoms with Crippen LogP contribution in [-0.4, -0.2) is 63.6 Å². The van der Waals surface area contributed by atoms with Crippen molar-refractivity contribution >= 4 is 16.1 Å². The van der Waals surface area contributed by atoms with Crippen molar-refractivity contribution in [1.82, 2.24) is 9.97 Å². The summed E-state index contributed by atoms with van der Waals surface area (Å²) in [4.78, 5) is 19.8. The Labute approximate surface area is 156 Å². The van der Waals surface area contributed by atoms with Gasteiger partial charge in [-0.25, -0.2) is 14.8 Å². The van der Waals surface area contributed by atoms with E-state index in [1.54, 1.807) is 19.1 Å². The van der Waals surface area contributed by atoms with Crippen LogP contribution in [0.3, 0.4) is 0 Å². The number of aromatic nitrogens is 2. The van der Waals surface area contributed by atoms with Gasteiger partial charge in [-0.2, -0.15) is 8.42 Å². The van der Waals surface area contributed by atoms with E-state index in [1.807, 2.05) is 0 Å². The fraction of sp³-hybridized carbons (Fsp3) is 0.438. The number of carbonyl (C=O) groups is 1. The third kappa shape index (κ3) is 7.33. The number of hydrogen-bond donors (Lipinski definition) is 0. The molecule has 0 fully saturated rings. The molecule has 0 aromatic carbocycles. The largest absolute Gasteiger partial charge is 0.475 e. The summed E-state index contributed by atoms with van der Waals surface area (Å²) < 4.78 is 46.9. The molecule has 0 radical (unpaired) electrons. The minimum atomic E-state index is -3.46. The van der Waals surface area contributed by atoms with E-state index in [0.717, 1.165) is 6.26 Å². The third-order valence-corrected chi connectivity index (χ3v) is 3.57. The summed E-state index contributed by atoms with van der Waals surface area (Å²) in [5, 5.41) is 0. The highest BCUT2D eigenvalue weighted by Crippen LogP contribution is 2.21. The molecule has 11 heteroatoms. The quantitative estimate of drug-likeness (QED) is 0.309. The van der Waals surface area contributed by atoms with Crippen LogP contribution in [0.15, 0.2) is 29.0 Å². The lowest BCUT2D eigenvalue weighted by Crippen LogP contribution is -2.13. The minimum Gasteiger partial charge on any atom is -0.475 e. The van der Waals surface area contributed by atoms with Crippen LogP contribution in [0.4, 0.5) is 0 Å². The second-order valence-corrected chi connectivity index (χ2v) is 6.77. The van der Waals surface area contributed by atoms with Crippen molar-refractivity contribution in [1.29, 1.82) is 0 Å². The van der Waals surface area contributed by atoms with E-state index < -0.39 is 16.1 Å². The third-order valence-electron chi connectivity index (χ3n) is 2.97. The fourth-order valence-electron chi connectivity index (χ4n) is 1.88. The van der Waals surface area contributed by atoms with Gasteiger partial charge in [-0.1, -0.05) is 0 Å². The lowest BCUT2D eigenvalue weighted by Gasteiger charge is -2.07. The van der Waals surface area contributed by atoms with Crippen molar-refractivity contribution in [3.05, 3.63) is 30.3 Å². The van der Waals surface area contributed by atoms with Crippen LogP contribution >= 0.6 is 0 Å². The molecule has 0 saturated carbocycles. The molecule has 0 atom stereocenters. The maximum Gasteiger partial charge on any atom is 0.360 e. The van der Waals surface area contributed by atoms with Crippen LogP contribution < -0.4 is 4.74 Å². The van der Waals surface area contributed by atoms with E-state index in [9.17, 15) is 13.2 Å². The zero-order chi connectivity index (χ0) is 19.7. The Balaban J connectivity index is 1.81. The summed E-state index contributed by atoms with van der Waals surface area (Å²) in [6, 6.07) is 3.26. The van der Waals surface area contributed by atoms with E-state index in [0.29, 0.717) is 11.4 Å². The Morgan fingerprint density at radius 1 is 1.22 bits per heavy atom. The highest BCUT2D eigenvalue weighted by molar-refractivity contribution is 7.85. The molecule has 148 valence electrons. The first-order valence-electron chi connectivity index (χ1n) is 8.03. The monoisotopic (exact) mass is 400 g/mol. The average molecular weight is 400 g/mol. The van der Waals surface area contributed by atoms with Gasteiger partial charge in [0.2, 0.25) is 11.8 Å². The summed E-state index contributed by atoms with van der Waals surface area (Å²) >= 11 is 0. The summed E-state index contributed by atoms with van der Waals surface area (Å²) in [5.74, 6) is -0.00567. The van der Waals surface area contributed by atoms with Crippen LogP contribution in [-0.2, 0) is 23.8 Å². The molecule has 2 heterocycles. The molecule has 0 spiro atoms. The molecule has 0 aliphatic heterocycles. The molecule has 0 unspecified atom stereocenters. The number of esters is 1. The summed E-state index contributed by atoms with van der Waals surface area (Å²) in [7, 11) is -3.46. The molecule has 0 aliphatic rings. The molecule has 0 bridgehead atoms. The molecule has 10 nitrogen and oxygen atoms in total. The molecular weight excluding hydrogens is 380 g/mol. The molecule has 0 N–H and O–H groups in total. The van der Waals surface area contributed by atoms with E-state index in [1.165, 1.54) is 12.5 Å². The summed E-state index contributed by atoms with van der Waals surface area (Å²) in [5.41, 5.74) is 0.661. The van der Waals surface area contributed by atoms with Gasteiger partial charge in [0.15, 0.2) is 5.69 Å². The number of rotatable bonds is 11. The number of pyridine rings is 1. The Morgan fingerprint density at radius 2 is 2.00 bits per heavy atom. The lowest BCUT2D eigenvalue weighted by atomic mass is 10.2. The fourth-order valence-corrected chi connectivity index (χ4v) is 2.25. The van der Waals surface area contributed by atoms with Crippen molar-refractivity contribution < 1.29 is 36.0 Å². The van der Waals surface area contributed by atoms with Gasteiger partial charge in [0.1, 0.15) is 12.9 Å². The molecule has 2 aromatic heterocycles. The van der Waals surface area contributed by atoms with Crippen molar-refractivity contribution in [2.75, 3.05) is 39.3 Å². The van der Waals surface area contributed by atoms with Crippen LogP contribution in [0.2, 0.25) is 0 Å². The SMILES string of the molecule is CCOC(=O)c1coc(-c2ccnc(OCCOCCOS(C)(=O)=O)c2)n1. The predicted octanol–water partition coefficient (Wildman–Crippen LogP) is 1.28. The first-order chi connectivity index (χ1) is 12.9. The Morgan fingerprint density at radius 3 is 2.74 bits per heavy atom. The summed E-state index contributed by atoms with van der Waals surface area (Å²) in [6.07, 6.45) is 3.71. The Hall–Kier alpha value is -2.50. The maximum atomic E-state index is 11.6. The predicted molar refractivity (Wildman–Crippen MR) is 92.8 cm³/mol. The first-order valence-corrected chi connectivity index (χ1v) is 9.84. The van der Waals surface area contributed by atoms with Crippen molar-refractivity contribution in [2.24, 2.45) is 0 Å². The van der Waals surface area contributed by atoms with Gasteiger partial charge < -0.3 is 18.6 Å². The van der Waals surface area contributed by atoms with Gasteiger partial charge in [0, 0.05) is 17.8 Å². The van der Waals surface area contributed by atoms with Crippen LogP contribution in [0, 0.1) is 0 Å². The van der Waals surface area contributed by atoms with Gasteiger partial charge in [-0.15, -0.1) is 0 Å². The van der Waals surface area contributed by atoms with Crippen molar-refractivity contribution in [3.8, 4) is 17.3 Å². The zero-order valence-electron chi connectivity index (χ0n) is 14.9. The molecule has 0 saturated heterocycles. The molecule has 27 heavy (non-hydrogen) atoms. The van der Waals surface area contributed by atoms with E-state index >= 15 is 0 Å². The zero-order valence-corrected chi connectivity index (χ0v) is 15.7. The minimum absolute atomic E-state index is 0.0560. The molecule has 0 amide bonds. The van der Waals surface area contributed by atoms with Crippen molar-refractivity contribution in [2.45, 2.75) is 6.92 Å². The Kier molecular flexibility index (Phi) is 7.70. The molecule has 2 aromatic rings. The number of hydrogen-bond acceptors (Lipinski definition) is 10. The van der Waals surface area contributed by atoms with E-state index in [-0.39, 0.29) is 44.6 Å². The number of nitrogens with zero attached hydrogens (tertiary/aromatic N) is 2. The topological polar surface area (TPSA) is 127 Å². The standard InChI is InChI=1S/C16H20N2O8S/c1-3-23-16(19)13-11-25-15(18-13)12-4-5-17-14(10-12)24-8-6-22-7-9-26-27(2,20)21/h4-5,10-11H,3,6-9H2,1-2H3. The van der Waals surface area contributed by atoms with Gasteiger partial charge >= 0.3 is 5.97 Å². The molecule has 0 aliphatic carbocycles.